The van der Waals surface area contributed by atoms with Gasteiger partial charge in [-0.25, -0.2) is 4.98 Å². The molecular weight excluding hydrogens is 264 g/mol. The van der Waals surface area contributed by atoms with Gasteiger partial charge in [-0.1, -0.05) is 44.2 Å². The Hall–Kier alpha value is -2.14. The van der Waals surface area contributed by atoms with Crippen molar-refractivity contribution in [2.75, 3.05) is 0 Å². The number of carbonyl (C=O) groups excluding carboxylic acids is 1. The van der Waals surface area contributed by atoms with E-state index < -0.39 is 6.04 Å². The lowest BCUT2D eigenvalue weighted by Crippen LogP contribution is -2.45. The van der Waals surface area contributed by atoms with Crippen LogP contribution in [0, 0.1) is 5.92 Å². The van der Waals surface area contributed by atoms with E-state index in [2.05, 4.69) is 10.3 Å². The van der Waals surface area contributed by atoms with E-state index in [-0.39, 0.29) is 17.9 Å². The third kappa shape index (κ3) is 3.49. The van der Waals surface area contributed by atoms with Crippen LogP contribution < -0.4 is 11.1 Å². The standard InChI is InChI=1S/C16H22N4O/c1-11(2)13(17)16(21)19-14(12-7-5-4-6-8-12)15-18-9-10-20(15)3/h4-11,13-14H,17H2,1-3H3,(H,19,21)/t13-,14?/m1/s1. The number of nitrogens with one attached hydrogen (secondary N) is 1. The first-order chi connectivity index (χ1) is 10.0. The first-order valence-corrected chi connectivity index (χ1v) is 7.09. The Kier molecular flexibility index (Phi) is 4.75. The number of amides is 1. The molecule has 0 spiro atoms. The Morgan fingerprint density at radius 3 is 2.48 bits per heavy atom. The molecule has 0 saturated heterocycles. The van der Waals surface area contributed by atoms with Gasteiger partial charge in [0.2, 0.25) is 5.91 Å². The molecule has 112 valence electrons. The second-order valence-corrected chi connectivity index (χ2v) is 5.52. The first-order valence-electron chi connectivity index (χ1n) is 7.09. The van der Waals surface area contributed by atoms with Crippen LogP contribution in [0.15, 0.2) is 42.7 Å². The predicted molar refractivity (Wildman–Crippen MR) is 82.4 cm³/mol. The summed E-state index contributed by atoms with van der Waals surface area (Å²) >= 11 is 0. The maximum Gasteiger partial charge on any atom is 0.238 e. The minimum Gasteiger partial charge on any atom is -0.341 e. The van der Waals surface area contributed by atoms with Crippen LogP contribution in [-0.2, 0) is 11.8 Å². The summed E-state index contributed by atoms with van der Waals surface area (Å²) in [7, 11) is 1.91. The monoisotopic (exact) mass is 286 g/mol. The lowest BCUT2D eigenvalue weighted by Gasteiger charge is -2.22. The number of nitrogens with two attached hydrogens (primary N) is 1. The average molecular weight is 286 g/mol. The molecule has 2 aromatic rings. The zero-order valence-electron chi connectivity index (χ0n) is 12.7. The van der Waals surface area contributed by atoms with E-state index >= 15 is 0 Å². The molecule has 5 nitrogen and oxygen atoms in total. The zero-order valence-corrected chi connectivity index (χ0v) is 12.7. The van der Waals surface area contributed by atoms with Crippen LogP contribution in [0.2, 0.25) is 0 Å². The summed E-state index contributed by atoms with van der Waals surface area (Å²) < 4.78 is 1.90. The number of hydrogen-bond acceptors (Lipinski definition) is 3. The number of hydrogen-bond donors (Lipinski definition) is 2. The van der Waals surface area contributed by atoms with Crippen molar-refractivity contribution in [1.29, 1.82) is 0 Å². The summed E-state index contributed by atoms with van der Waals surface area (Å²) in [6, 6.07) is 8.95. The fourth-order valence-corrected chi connectivity index (χ4v) is 2.14. The van der Waals surface area contributed by atoms with Crippen molar-refractivity contribution in [3.05, 3.63) is 54.1 Å². The quantitative estimate of drug-likeness (QED) is 0.877. The average Bonchev–Trinajstić information content (AvgIpc) is 2.90. The fourth-order valence-electron chi connectivity index (χ4n) is 2.14. The predicted octanol–water partition coefficient (Wildman–Crippen LogP) is 1.61. The zero-order chi connectivity index (χ0) is 15.4. The molecule has 0 fully saturated rings. The molecule has 0 aliphatic heterocycles. The van der Waals surface area contributed by atoms with Crippen LogP contribution >= 0.6 is 0 Å². The van der Waals surface area contributed by atoms with Crippen molar-refractivity contribution in [2.24, 2.45) is 18.7 Å². The molecule has 5 heteroatoms. The van der Waals surface area contributed by atoms with Crippen LogP contribution in [0.5, 0.6) is 0 Å². The third-order valence-corrected chi connectivity index (χ3v) is 3.56. The lowest BCUT2D eigenvalue weighted by atomic mass is 10.0. The van der Waals surface area contributed by atoms with Gasteiger partial charge in [0.05, 0.1) is 6.04 Å². The molecule has 2 atom stereocenters. The molecule has 0 saturated carbocycles. The van der Waals surface area contributed by atoms with Gasteiger partial charge in [-0.3, -0.25) is 4.79 Å². The lowest BCUT2D eigenvalue weighted by molar-refractivity contribution is -0.123. The van der Waals surface area contributed by atoms with E-state index in [1.54, 1.807) is 6.20 Å². The minimum atomic E-state index is -0.531. The van der Waals surface area contributed by atoms with Gasteiger partial charge in [0.15, 0.2) is 0 Å². The number of nitrogens with zero attached hydrogens (tertiary/aromatic N) is 2. The van der Waals surface area contributed by atoms with Gasteiger partial charge >= 0.3 is 0 Å². The van der Waals surface area contributed by atoms with Crippen LogP contribution in [0.1, 0.15) is 31.3 Å². The summed E-state index contributed by atoms with van der Waals surface area (Å²) in [6.45, 7) is 3.87. The van der Waals surface area contributed by atoms with Gasteiger partial charge in [0, 0.05) is 19.4 Å². The molecule has 1 amide bonds. The summed E-state index contributed by atoms with van der Waals surface area (Å²) in [5.41, 5.74) is 6.92. The van der Waals surface area contributed by atoms with E-state index in [1.807, 2.05) is 62.0 Å². The second kappa shape index (κ2) is 6.54. The van der Waals surface area contributed by atoms with Crippen molar-refractivity contribution in [3.8, 4) is 0 Å². The number of rotatable bonds is 5. The highest BCUT2D eigenvalue weighted by molar-refractivity contribution is 5.82. The van der Waals surface area contributed by atoms with Gasteiger partial charge in [0.1, 0.15) is 11.9 Å². The Labute approximate surface area is 125 Å². The van der Waals surface area contributed by atoms with Gasteiger partial charge in [-0.05, 0) is 11.5 Å². The second-order valence-electron chi connectivity index (χ2n) is 5.52. The normalized spacial score (nSPS) is 14.0. The highest BCUT2D eigenvalue weighted by Gasteiger charge is 2.24. The molecule has 0 aliphatic carbocycles. The summed E-state index contributed by atoms with van der Waals surface area (Å²) in [5, 5.41) is 3.01. The van der Waals surface area contributed by atoms with Crippen LogP contribution in [0.3, 0.4) is 0 Å². The summed E-state index contributed by atoms with van der Waals surface area (Å²) in [4.78, 5) is 16.7. The number of aryl methyl sites for hydroxylation is 1. The topological polar surface area (TPSA) is 72.9 Å². The molecule has 0 aliphatic rings. The van der Waals surface area contributed by atoms with E-state index in [9.17, 15) is 4.79 Å². The molecule has 0 radical (unpaired) electrons. The number of benzene rings is 1. The number of imidazole rings is 1. The van der Waals surface area contributed by atoms with Gasteiger partial charge < -0.3 is 15.6 Å². The van der Waals surface area contributed by atoms with Crippen molar-refractivity contribution in [3.63, 3.8) is 0 Å². The van der Waals surface area contributed by atoms with Crippen LogP contribution in [0.25, 0.3) is 0 Å². The van der Waals surface area contributed by atoms with E-state index in [4.69, 9.17) is 5.73 Å². The molecular formula is C16H22N4O. The minimum absolute atomic E-state index is 0.0859. The molecule has 21 heavy (non-hydrogen) atoms. The van der Waals surface area contributed by atoms with Crippen molar-refractivity contribution in [2.45, 2.75) is 25.9 Å². The van der Waals surface area contributed by atoms with Gasteiger partial charge in [-0.15, -0.1) is 0 Å². The fraction of sp³-hybridized carbons (Fsp3) is 0.375. The van der Waals surface area contributed by atoms with E-state index in [1.165, 1.54) is 0 Å². The van der Waals surface area contributed by atoms with Crippen LogP contribution in [0.4, 0.5) is 0 Å². The third-order valence-electron chi connectivity index (χ3n) is 3.56. The maximum absolute atomic E-state index is 12.3. The largest absolute Gasteiger partial charge is 0.341 e. The van der Waals surface area contributed by atoms with Crippen LogP contribution in [-0.4, -0.2) is 21.5 Å². The molecule has 2 rings (SSSR count). The Bertz CT molecular complexity index is 591. The maximum atomic E-state index is 12.3. The molecule has 1 aromatic carbocycles. The molecule has 1 aromatic heterocycles. The molecule has 1 heterocycles. The Balaban J connectivity index is 2.30. The summed E-state index contributed by atoms with van der Waals surface area (Å²) in [6.07, 6.45) is 3.58. The summed E-state index contributed by atoms with van der Waals surface area (Å²) in [5.74, 6) is 0.704. The smallest absolute Gasteiger partial charge is 0.238 e. The molecule has 3 N–H and O–H groups in total. The highest BCUT2D eigenvalue weighted by Crippen LogP contribution is 2.20. The molecule has 1 unspecified atom stereocenters. The Morgan fingerprint density at radius 1 is 1.29 bits per heavy atom. The highest BCUT2D eigenvalue weighted by atomic mass is 16.2. The Morgan fingerprint density at radius 2 is 1.95 bits per heavy atom. The SMILES string of the molecule is CC(C)[C@@H](N)C(=O)NC(c1ccccc1)c1nccn1C. The van der Waals surface area contributed by atoms with Gasteiger partial charge in [-0.2, -0.15) is 0 Å². The van der Waals surface area contributed by atoms with Crippen molar-refractivity contribution in [1.82, 2.24) is 14.9 Å². The van der Waals surface area contributed by atoms with E-state index in [0.717, 1.165) is 11.4 Å². The van der Waals surface area contributed by atoms with E-state index in [0.29, 0.717) is 0 Å². The number of carbonyl (C=O) groups is 1. The number of aromatic nitrogens is 2. The van der Waals surface area contributed by atoms with Crippen molar-refractivity contribution >= 4 is 5.91 Å². The first kappa shape index (κ1) is 15.3. The van der Waals surface area contributed by atoms with Gasteiger partial charge in [0.25, 0.3) is 0 Å². The van der Waals surface area contributed by atoms with Crippen molar-refractivity contribution < 1.29 is 4.79 Å². The molecule has 0 bridgehead atoms.